The Hall–Kier alpha value is -1.35. The van der Waals surface area contributed by atoms with Crippen molar-refractivity contribution in [3.63, 3.8) is 0 Å². The Balaban J connectivity index is 2.49. The maximum atomic E-state index is 5.40. The average Bonchev–Trinajstić information content (AvgIpc) is 2.19. The van der Waals surface area contributed by atoms with Crippen LogP contribution in [0.3, 0.4) is 0 Å². The zero-order chi connectivity index (χ0) is 8.67. The smallest absolute Gasteiger partial charge is 0.176 e. The Labute approximate surface area is 80.2 Å². The highest BCUT2D eigenvalue weighted by atomic mass is 32.2. The second-order valence-corrected chi connectivity index (χ2v) is 3.47. The molecule has 2 nitrogen and oxygen atoms in total. The van der Waals surface area contributed by atoms with Crippen LogP contribution in [0.1, 0.15) is 0 Å². The molecule has 0 atom stereocenters. The molecule has 0 saturated heterocycles. The predicted octanol–water partition coefficient (Wildman–Crippen LogP) is 3.21. The first-order chi connectivity index (χ1) is 6.45. The summed E-state index contributed by atoms with van der Waals surface area (Å²) in [5.74, 6) is 0.942. The second kappa shape index (κ2) is 2.57. The van der Waals surface area contributed by atoms with Crippen molar-refractivity contribution in [2.24, 2.45) is 0 Å². The van der Waals surface area contributed by atoms with E-state index in [1.165, 1.54) is 23.0 Å². The van der Waals surface area contributed by atoms with E-state index in [0.717, 1.165) is 11.4 Å². The minimum atomic E-state index is 0.942. The van der Waals surface area contributed by atoms with E-state index in [-0.39, 0.29) is 0 Å². The van der Waals surface area contributed by atoms with Crippen molar-refractivity contribution >= 4 is 28.7 Å². The number of nitrogens with one attached hydrogen (secondary N) is 1. The Kier molecular flexibility index (Phi) is 1.40. The molecule has 2 aromatic carbocycles. The van der Waals surface area contributed by atoms with Crippen LogP contribution in [0.4, 0.5) is 5.69 Å². The number of benzene rings is 2. The molecule has 0 saturated carbocycles. The lowest BCUT2D eigenvalue weighted by Gasteiger charge is -2.16. The standard InChI is InChI=1S/C10H7NOS/c1-3-7-4-2-6-9-10(7)8(5-1)11-13-12-9/h1-6,11H. The lowest BCUT2D eigenvalue weighted by atomic mass is 10.1. The number of hydrogen-bond acceptors (Lipinski definition) is 3. The quantitative estimate of drug-likeness (QED) is 0.508. The highest BCUT2D eigenvalue weighted by Gasteiger charge is 2.12. The summed E-state index contributed by atoms with van der Waals surface area (Å²) in [6, 6.07) is 12.3. The molecular weight excluding hydrogens is 182 g/mol. The maximum absolute atomic E-state index is 5.40. The van der Waals surface area contributed by atoms with Crippen LogP contribution >= 0.6 is 12.2 Å². The van der Waals surface area contributed by atoms with E-state index in [9.17, 15) is 0 Å². The topological polar surface area (TPSA) is 21.3 Å². The van der Waals surface area contributed by atoms with Crippen molar-refractivity contribution in [2.45, 2.75) is 0 Å². The molecule has 0 radical (unpaired) electrons. The molecular formula is C10H7NOS. The second-order valence-electron chi connectivity index (χ2n) is 2.93. The van der Waals surface area contributed by atoms with E-state index in [0.29, 0.717) is 0 Å². The molecule has 64 valence electrons. The van der Waals surface area contributed by atoms with Gasteiger partial charge in [0, 0.05) is 5.39 Å². The Morgan fingerprint density at radius 3 is 2.85 bits per heavy atom. The number of rotatable bonds is 0. The Morgan fingerprint density at radius 1 is 1.08 bits per heavy atom. The predicted molar refractivity (Wildman–Crippen MR) is 55.8 cm³/mol. The largest absolute Gasteiger partial charge is 0.405 e. The molecule has 0 bridgehead atoms. The molecule has 13 heavy (non-hydrogen) atoms. The first-order valence-electron chi connectivity index (χ1n) is 4.06. The zero-order valence-electron chi connectivity index (χ0n) is 6.78. The van der Waals surface area contributed by atoms with Crippen molar-refractivity contribution in [3.05, 3.63) is 36.4 Å². The van der Waals surface area contributed by atoms with Gasteiger partial charge >= 0.3 is 0 Å². The number of hydrogen-bond donors (Lipinski definition) is 1. The molecule has 1 aliphatic heterocycles. The van der Waals surface area contributed by atoms with Crippen LogP contribution in [0.2, 0.25) is 0 Å². The molecule has 0 amide bonds. The van der Waals surface area contributed by atoms with Crippen molar-refractivity contribution in [3.8, 4) is 5.75 Å². The third kappa shape index (κ3) is 0.971. The summed E-state index contributed by atoms with van der Waals surface area (Å²) in [7, 11) is 0. The average molecular weight is 189 g/mol. The summed E-state index contributed by atoms with van der Waals surface area (Å²) in [4.78, 5) is 0. The summed E-state index contributed by atoms with van der Waals surface area (Å²) in [6.07, 6.45) is 0. The summed E-state index contributed by atoms with van der Waals surface area (Å²) in [5.41, 5.74) is 1.13. The Morgan fingerprint density at radius 2 is 1.92 bits per heavy atom. The first-order valence-corrected chi connectivity index (χ1v) is 4.80. The van der Waals surface area contributed by atoms with Crippen LogP contribution in [0.15, 0.2) is 36.4 Å². The van der Waals surface area contributed by atoms with Gasteiger partial charge < -0.3 is 4.18 Å². The van der Waals surface area contributed by atoms with Gasteiger partial charge in [0.25, 0.3) is 0 Å². The van der Waals surface area contributed by atoms with Crippen LogP contribution in [-0.4, -0.2) is 0 Å². The van der Waals surface area contributed by atoms with Crippen LogP contribution in [0, 0.1) is 0 Å². The molecule has 0 aromatic heterocycles. The summed E-state index contributed by atoms with van der Waals surface area (Å²) < 4.78 is 8.52. The van der Waals surface area contributed by atoms with Gasteiger partial charge in [-0.3, -0.25) is 4.72 Å². The normalized spacial score (nSPS) is 13.5. The highest BCUT2D eigenvalue weighted by Crippen LogP contribution is 2.38. The van der Waals surface area contributed by atoms with Crippen molar-refractivity contribution in [1.82, 2.24) is 0 Å². The SMILES string of the molecule is c1cc2c3c(cccc3c1)OSN2. The lowest BCUT2D eigenvalue weighted by Crippen LogP contribution is -1.99. The van der Waals surface area contributed by atoms with Gasteiger partial charge in [-0.25, -0.2) is 0 Å². The van der Waals surface area contributed by atoms with Crippen LogP contribution < -0.4 is 8.91 Å². The van der Waals surface area contributed by atoms with E-state index in [1.807, 2.05) is 18.2 Å². The minimum absolute atomic E-state index is 0.942. The van der Waals surface area contributed by atoms with Gasteiger partial charge in [-0.1, -0.05) is 24.3 Å². The highest BCUT2D eigenvalue weighted by molar-refractivity contribution is 7.96. The van der Waals surface area contributed by atoms with Gasteiger partial charge in [-0.15, -0.1) is 0 Å². The Bertz CT molecular complexity index is 431. The van der Waals surface area contributed by atoms with Gasteiger partial charge in [0.05, 0.1) is 5.69 Å². The van der Waals surface area contributed by atoms with E-state index in [4.69, 9.17) is 4.18 Å². The molecule has 1 N–H and O–H groups in total. The van der Waals surface area contributed by atoms with Crippen molar-refractivity contribution in [2.75, 3.05) is 4.72 Å². The van der Waals surface area contributed by atoms with Crippen LogP contribution in [-0.2, 0) is 0 Å². The molecule has 2 aromatic rings. The van der Waals surface area contributed by atoms with E-state index in [2.05, 4.69) is 22.9 Å². The van der Waals surface area contributed by atoms with E-state index < -0.39 is 0 Å². The van der Waals surface area contributed by atoms with Gasteiger partial charge in [0.2, 0.25) is 0 Å². The third-order valence-corrected chi connectivity index (χ3v) is 2.72. The minimum Gasteiger partial charge on any atom is -0.405 e. The lowest BCUT2D eigenvalue weighted by molar-refractivity contribution is 0.655. The molecule has 1 aliphatic rings. The maximum Gasteiger partial charge on any atom is 0.176 e. The summed E-state index contributed by atoms with van der Waals surface area (Å²) >= 11 is 1.26. The monoisotopic (exact) mass is 189 g/mol. The molecule has 1 heterocycles. The van der Waals surface area contributed by atoms with Gasteiger partial charge in [0.1, 0.15) is 5.75 Å². The van der Waals surface area contributed by atoms with Crippen LogP contribution in [0.25, 0.3) is 10.8 Å². The third-order valence-electron chi connectivity index (χ3n) is 2.15. The molecule has 0 spiro atoms. The van der Waals surface area contributed by atoms with Gasteiger partial charge in [-0.05, 0) is 17.5 Å². The van der Waals surface area contributed by atoms with Gasteiger partial charge in [-0.2, -0.15) is 0 Å². The van der Waals surface area contributed by atoms with E-state index >= 15 is 0 Å². The summed E-state index contributed by atoms with van der Waals surface area (Å²) in [6.45, 7) is 0. The molecule has 0 fully saturated rings. The molecule has 3 rings (SSSR count). The first kappa shape index (κ1) is 7.09. The number of anilines is 1. The fourth-order valence-corrected chi connectivity index (χ4v) is 2.10. The summed E-state index contributed by atoms with van der Waals surface area (Å²) in [5, 5.41) is 2.38. The molecule has 0 unspecified atom stereocenters. The molecule has 3 heteroatoms. The van der Waals surface area contributed by atoms with E-state index in [1.54, 1.807) is 0 Å². The fraction of sp³-hybridized carbons (Fsp3) is 0. The van der Waals surface area contributed by atoms with Crippen molar-refractivity contribution in [1.29, 1.82) is 0 Å². The van der Waals surface area contributed by atoms with Crippen LogP contribution in [0.5, 0.6) is 5.75 Å². The molecule has 0 aliphatic carbocycles. The fourth-order valence-electron chi connectivity index (χ4n) is 1.57. The zero-order valence-corrected chi connectivity index (χ0v) is 7.60. The van der Waals surface area contributed by atoms with Gasteiger partial charge in [0.15, 0.2) is 12.2 Å². The van der Waals surface area contributed by atoms with Crippen molar-refractivity contribution < 1.29 is 4.18 Å².